The summed E-state index contributed by atoms with van der Waals surface area (Å²) in [4.78, 5) is 2.15. The molecule has 3 rings (SSSR count). The third kappa shape index (κ3) is 3.88. The zero-order chi connectivity index (χ0) is 16.4. The van der Waals surface area contributed by atoms with Crippen LogP contribution in [0.25, 0.3) is 0 Å². The predicted octanol–water partition coefficient (Wildman–Crippen LogP) is 3.27. The predicted molar refractivity (Wildman–Crippen MR) is 80.3 cm³/mol. The number of ether oxygens (including phenoxy) is 1. The number of piperidine rings is 1. The normalized spacial score (nSPS) is 16.6. The van der Waals surface area contributed by atoms with Crippen molar-refractivity contribution >= 4 is 11.5 Å². The van der Waals surface area contributed by atoms with E-state index in [4.69, 9.17) is 5.73 Å². The Morgan fingerprint density at radius 1 is 1.17 bits per heavy atom. The highest BCUT2D eigenvalue weighted by atomic mass is 19.4. The molecule has 0 spiro atoms. The Morgan fingerprint density at radius 3 is 2.35 bits per heavy atom. The van der Waals surface area contributed by atoms with E-state index >= 15 is 0 Å². The summed E-state index contributed by atoms with van der Waals surface area (Å²) in [7, 11) is 0. The van der Waals surface area contributed by atoms with E-state index in [1.165, 1.54) is 12.1 Å². The van der Waals surface area contributed by atoms with Gasteiger partial charge in [0, 0.05) is 36.5 Å². The second-order valence-corrected chi connectivity index (χ2v) is 5.55. The highest BCUT2D eigenvalue weighted by Gasteiger charge is 2.31. The molecule has 1 aliphatic heterocycles. The maximum Gasteiger partial charge on any atom is 0.573 e. The number of aromatic amines is 1. The minimum Gasteiger partial charge on any atom is -0.406 e. The van der Waals surface area contributed by atoms with Gasteiger partial charge in [-0.2, -0.15) is 5.10 Å². The van der Waals surface area contributed by atoms with Gasteiger partial charge in [0.25, 0.3) is 0 Å². The first kappa shape index (κ1) is 15.5. The van der Waals surface area contributed by atoms with E-state index in [0.717, 1.165) is 37.3 Å². The van der Waals surface area contributed by atoms with Crippen LogP contribution in [0.3, 0.4) is 0 Å². The summed E-state index contributed by atoms with van der Waals surface area (Å²) in [5.74, 6) is 0.663. The summed E-state index contributed by atoms with van der Waals surface area (Å²) in [6.07, 6.45) is -2.79. The van der Waals surface area contributed by atoms with Crippen molar-refractivity contribution in [2.75, 3.05) is 23.7 Å². The summed E-state index contributed by atoms with van der Waals surface area (Å²) in [6, 6.07) is 7.82. The maximum atomic E-state index is 12.2. The van der Waals surface area contributed by atoms with Crippen molar-refractivity contribution in [1.29, 1.82) is 0 Å². The molecule has 1 aromatic carbocycles. The van der Waals surface area contributed by atoms with E-state index in [1.54, 1.807) is 12.1 Å². The van der Waals surface area contributed by atoms with Crippen molar-refractivity contribution in [1.82, 2.24) is 10.2 Å². The molecule has 1 aromatic heterocycles. The lowest BCUT2D eigenvalue weighted by Gasteiger charge is -2.33. The minimum atomic E-state index is -4.66. The van der Waals surface area contributed by atoms with Gasteiger partial charge in [0.05, 0.1) is 0 Å². The van der Waals surface area contributed by atoms with Crippen LogP contribution in [-0.2, 0) is 0 Å². The van der Waals surface area contributed by atoms with Crippen LogP contribution >= 0.6 is 0 Å². The highest BCUT2D eigenvalue weighted by molar-refractivity contribution is 5.49. The van der Waals surface area contributed by atoms with Crippen LogP contribution in [0.5, 0.6) is 5.75 Å². The number of H-pyrrole nitrogens is 1. The molecular formula is C15H17F3N4O. The first-order valence-electron chi connectivity index (χ1n) is 7.32. The summed E-state index contributed by atoms with van der Waals surface area (Å²) >= 11 is 0. The topological polar surface area (TPSA) is 67.2 Å². The van der Waals surface area contributed by atoms with Crippen LogP contribution in [-0.4, -0.2) is 29.6 Å². The Balaban J connectivity index is 1.59. The molecule has 5 nitrogen and oxygen atoms in total. The Bertz CT molecular complexity index is 645. The zero-order valence-electron chi connectivity index (χ0n) is 12.3. The summed E-state index contributed by atoms with van der Waals surface area (Å²) in [5, 5.41) is 6.88. The molecule has 1 saturated heterocycles. The molecular weight excluding hydrogens is 309 g/mol. The first-order valence-corrected chi connectivity index (χ1v) is 7.32. The van der Waals surface area contributed by atoms with Gasteiger partial charge in [-0.1, -0.05) is 0 Å². The van der Waals surface area contributed by atoms with E-state index in [0.29, 0.717) is 11.7 Å². The van der Waals surface area contributed by atoms with Gasteiger partial charge < -0.3 is 15.4 Å². The van der Waals surface area contributed by atoms with Gasteiger partial charge in [0.2, 0.25) is 0 Å². The molecule has 0 unspecified atom stereocenters. The monoisotopic (exact) mass is 326 g/mol. The number of nitrogen functional groups attached to an aromatic ring is 1. The van der Waals surface area contributed by atoms with E-state index in [1.807, 2.05) is 6.07 Å². The molecule has 8 heteroatoms. The Kier molecular flexibility index (Phi) is 4.06. The van der Waals surface area contributed by atoms with Crippen molar-refractivity contribution in [2.45, 2.75) is 25.1 Å². The Labute approximate surface area is 131 Å². The number of hydrogen-bond donors (Lipinski definition) is 2. The summed E-state index contributed by atoms with van der Waals surface area (Å²) in [5.41, 5.74) is 7.55. The lowest BCUT2D eigenvalue weighted by Crippen LogP contribution is -2.32. The lowest BCUT2D eigenvalue weighted by molar-refractivity contribution is -0.274. The van der Waals surface area contributed by atoms with E-state index in [9.17, 15) is 13.2 Å². The maximum absolute atomic E-state index is 12.2. The number of rotatable bonds is 3. The van der Waals surface area contributed by atoms with Gasteiger partial charge in [0.15, 0.2) is 0 Å². The van der Waals surface area contributed by atoms with Crippen molar-refractivity contribution in [2.24, 2.45) is 0 Å². The van der Waals surface area contributed by atoms with Crippen LogP contribution in [0.15, 0.2) is 30.3 Å². The standard InChI is InChI=1S/C15H17F3N4O/c16-15(17,18)23-12-3-1-11(2-4-12)22-7-5-10(6-8-22)13-9-14(19)21-20-13/h1-4,9-10H,5-8H2,(H3,19,20,21). The molecule has 3 N–H and O–H groups in total. The molecule has 1 fully saturated rings. The van der Waals surface area contributed by atoms with Crippen molar-refractivity contribution < 1.29 is 17.9 Å². The largest absolute Gasteiger partial charge is 0.573 e. The number of halogens is 3. The molecule has 0 saturated carbocycles. The third-order valence-electron chi connectivity index (χ3n) is 3.99. The fourth-order valence-corrected chi connectivity index (χ4v) is 2.87. The second kappa shape index (κ2) is 6.02. The van der Waals surface area contributed by atoms with Gasteiger partial charge in [0.1, 0.15) is 11.6 Å². The van der Waals surface area contributed by atoms with Crippen LogP contribution in [0, 0.1) is 0 Å². The van der Waals surface area contributed by atoms with E-state index in [-0.39, 0.29) is 5.75 Å². The Hall–Kier alpha value is -2.38. The number of alkyl halides is 3. The van der Waals surface area contributed by atoms with Crippen molar-refractivity contribution in [3.8, 4) is 5.75 Å². The number of nitrogens with one attached hydrogen (secondary N) is 1. The molecule has 2 aromatic rings. The fraction of sp³-hybridized carbons (Fsp3) is 0.400. The summed E-state index contributed by atoms with van der Waals surface area (Å²) < 4.78 is 40.3. The Morgan fingerprint density at radius 2 is 1.83 bits per heavy atom. The van der Waals surface area contributed by atoms with Crippen LogP contribution in [0.4, 0.5) is 24.7 Å². The van der Waals surface area contributed by atoms with E-state index < -0.39 is 6.36 Å². The van der Waals surface area contributed by atoms with Crippen LogP contribution in [0.1, 0.15) is 24.5 Å². The molecule has 0 radical (unpaired) electrons. The lowest BCUT2D eigenvalue weighted by atomic mass is 9.93. The van der Waals surface area contributed by atoms with Crippen LogP contribution in [0.2, 0.25) is 0 Å². The number of nitrogens with two attached hydrogens (primary N) is 1. The van der Waals surface area contributed by atoms with Gasteiger partial charge in [-0.3, -0.25) is 5.10 Å². The second-order valence-electron chi connectivity index (χ2n) is 5.55. The van der Waals surface area contributed by atoms with E-state index in [2.05, 4.69) is 19.8 Å². The van der Waals surface area contributed by atoms with Crippen molar-refractivity contribution in [3.05, 3.63) is 36.0 Å². The van der Waals surface area contributed by atoms with Crippen molar-refractivity contribution in [3.63, 3.8) is 0 Å². The number of anilines is 2. The number of aromatic nitrogens is 2. The molecule has 1 aliphatic rings. The minimum absolute atomic E-state index is 0.205. The molecule has 23 heavy (non-hydrogen) atoms. The quantitative estimate of drug-likeness (QED) is 0.908. The fourth-order valence-electron chi connectivity index (χ4n) is 2.87. The summed E-state index contributed by atoms with van der Waals surface area (Å²) in [6.45, 7) is 1.64. The zero-order valence-corrected chi connectivity index (χ0v) is 12.3. The first-order chi connectivity index (χ1) is 10.9. The molecule has 0 bridgehead atoms. The highest BCUT2D eigenvalue weighted by Crippen LogP contribution is 2.31. The molecule has 0 amide bonds. The van der Waals surface area contributed by atoms with Gasteiger partial charge in [-0.05, 0) is 37.1 Å². The molecule has 0 atom stereocenters. The molecule has 2 heterocycles. The number of hydrogen-bond acceptors (Lipinski definition) is 4. The van der Waals surface area contributed by atoms with Gasteiger partial charge in [-0.15, -0.1) is 13.2 Å². The average molecular weight is 326 g/mol. The van der Waals surface area contributed by atoms with Gasteiger partial charge in [-0.25, -0.2) is 0 Å². The molecule has 0 aliphatic carbocycles. The third-order valence-corrected chi connectivity index (χ3v) is 3.99. The smallest absolute Gasteiger partial charge is 0.406 e. The SMILES string of the molecule is Nc1cc(C2CCN(c3ccc(OC(F)(F)F)cc3)CC2)[nH]n1. The average Bonchev–Trinajstić information content (AvgIpc) is 2.93. The number of benzene rings is 1. The molecule has 124 valence electrons. The van der Waals surface area contributed by atoms with Gasteiger partial charge >= 0.3 is 6.36 Å². The number of nitrogens with zero attached hydrogens (tertiary/aromatic N) is 2. The van der Waals surface area contributed by atoms with Crippen LogP contribution < -0.4 is 15.4 Å².